The molecule has 0 saturated heterocycles. The summed E-state index contributed by atoms with van der Waals surface area (Å²) in [5, 5.41) is 0. The van der Waals surface area contributed by atoms with Crippen molar-refractivity contribution < 1.29 is 9.21 Å². The molecule has 86 valence electrons. The lowest BCUT2D eigenvalue weighted by molar-refractivity contribution is -0.112. The van der Waals surface area contributed by atoms with Crippen molar-refractivity contribution in [2.24, 2.45) is 0 Å². The normalized spacial score (nSPS) is 10.9. The van der Waals surface area contributed by atoms with Gasteiger partial charge in [0.1, 0.15) is 11.5 Å². The third-order valence-corrected chi connectivity index (χ3v) is 2.77. The quantitative estimate of drug-likeness (QED) is 0.789. The van der Waals surface area contributed by atoms with E-state index >= 15 is 0 Å². The van der Waals surface area contributed by atoms with E-state index in [9.17, 15) is 4.79 Å². The molecular formula is C14H11BrO2. The van der Waals surface area contributed by atoms with Crippen molar-refractivity contribution >= 4 is 27.8 Å². The molecule has 2 aromatic rings. The summed E-state index contributed by atoms with van der Waals surface area (Å²) in [6.07, 6.45) is 3.16. The fraction of sp³-hybridized carbons (Fsp3) is 0.0714. The van der Waals surface area contributed by atoms with Gasteiger partial charge in [0.15, 0.2) is 5.78 Å². The Bertz CT molecular complexity index is 550. The average Bonchev–Trinajstić information content (AvgIpc) is 2.76. The molecule has 1 aromatic heterocycles. The molecular weight excluding hydrogens is 280 g/mol. The maximum absolute atomic E-state index is 10.8. The Morgan fingerprint density at radius 2 is 1.88 bits per heavy atom. The van der Waals surface area contributed by atoms with E-state index in [0.29, 0.717) is 5.76 Å². The van der Waals surface area contributed by atoms with E-state index in [1.807, 2.05) is 36.4 Å². The number of ketones is 1. The van der Waals surface area contributed by atoms with Gasteiger partial charge in [-0.15, -0.1) is 0 Å². The summed E-state index contributed by atoms with van der Waals surface area (Å²) in [6.45, 7) is 1.51. The number of benzene rings is 1. The van der Waals surface area contributed by atoms with Gasteiger partial charge in [0.2, 0.25) is 0 Å². The molecule has 0 unspecified atom stereocenters. The Morgan fingerprint density at radius 1 is 1.18 bits per heavy atom. The number of hydrogen-bond donors (Lipinski definition) is 0. The summed E-state index contributed by atoms with van der Waals surface area (Å²) in [7, 11) is 0. The third kappa shape index (κ3) is 3.17. The number of carbonyl (C=O) groups excluding carboxylic acids is 1. The molecule has 0 amide bonds. The molecule has 0 N–H and O–H groups in total. The lowest BCUT2D eigenvalue weighted by atomic mass is 10.2. The van der Waals surface area contributed by atoms with E-state index in [1.54, 1.807) is 6.08 Å². The first-order chi connectivity index (χ1) is 8.15. The molecule has 3 heteroatoms. The Balaban J connectivity index is 2.23. The highest BCUT2D eigenvalue weighted by Crippen LogP contribution is 2.24. The van der Waals surface area contributed by atoms with Crippen molar-refractivity contribution in [2.45, 2.75) is 6.92 Å². The van der Waals surface area contributed by atoms with E-state index in [0.717, 1.165) is 15.8 Å². The summed E-state index contributed by atoms with van der Waals surface area (Å²) in [4.78, 5) is 10.8. The second-order valence-electron chi connectivity index (χ2n) is 3.65. The Morgan fingerprint density at radius 3 is 2.53 bits per heavy atom. The first kappa shape index (κ1) is 11.9. The monoisotopic (exact) mass is 290 g/mol. The number of furan rings is 1. The molecule has 0 radical (unpaired) electrons. The van der Waals surface area contributed by atoms with Crippen LogP contribution in [0.15, 0.2) is 51.4 Å². The van der Waals surface area contributed by atoms with Crippen LogP contribution < -0.4 is 0 Å². The van der Waals surface area contributed by atoms with Gasteiger partial charge in [-0.1, -0.05) is 28.1 Å². The van der Waals surface area contributed by atoms with Gasteiger partial charge in [0.25, 0.3) is 0 Å². The Hall–Kier alpha value is -1.61. The molecule has 2 nitrogen and oxygen atoms in total. The second kappa shape index (κ2) is 5.15. The van der Waals surface area contributed by atoms with Crippen molar-refractivity contribution in [1.29, 1.82) is 0 Å². The molecule has 1 heterocycles. The lowest BCUT2D eigenvalue weighted by Crippen LogP contribution is -1.78. The Kier molecular flexibility index (Phi) is 3.59. The van der Waals surface area contributed by atoms with Gasteiger partial charge in [-0.3, -0.25) is 4.79 Å². The first-order valence-corrected chi connectivity index (χ1v) is 5.99. The number of allylic oxidation sites excluding steroid dienone is 1. The molecule has 1 aromatic carbocycles. The number of hydrogen-bond acceptors (Lipinski definition) is 2. The van der Waals surface area contributed by atoms with Crippen LogP contribution in [0.4, 0.5) is 0 Å². The molecule has 0 fully saturated rings. The molecule has 0 bridgehead atoms. The SMILES string of the molecule is CC(=O)C=Cc1ccc(-c2ccc(Br)cc2)o1. The van der Waals surface area contributed by atoms with Crippen LogP contribution >= 0.6 is 15.9 Å². The fourth-order valence-corrected chi connectivity index (χ4v) is 1.68. The highest BCUT2D eigenvalue weighted by Gasteiger charge is 2.02. The van der Waals surface area contributed by atoms with Gasteiger partial charge in [0.05, 0.1) is 0 Å². The van der Waals surface area contributed by atoms with Gasteiger partial charge in [-0.2, -0.15) is 0 Å². The summed E-state index contributed by atoms with van der Waals surface area (Å²) in [5.74, 6) is 1.48. The maximum atomic E-state index is 10.8. The van der Waals surface area contributed by atoms with Crippen molar-refractivity contribution in [2.75, 3.05) is 0 Å². The molecule has 2 rings (SSSR count). The van der Waals surface area contributed by atoms with Gasteiger partial charge < -0.3 is 4.42 Å². The largest absolute Gasteiger partial charge is 0.457 e. The minimum atomic E-state index is 0.00610. The van der Waals surface area contributed by atoms with E-state index < -0.39 is 0 Å². The molecule has 0 aliphatic heterocycles. The highest BCUT2D eigenvalue weighted by atomic mass is 79.9. The van der Waals surface area contributed by atoms with Crippen LogP contribution in [0.5, 0.6) is 0 Å². The number of rotatable bonds is 3. The third-order valence-electron chi connectivity index (χ3n) is 2.24. The van der Waals surface area contributed by atoms with E-state index in [2.05, 4.69) is 15.9 Å². The summed E-state index contributed by atoms with van der Waals surface area (Å²) < 4.78 is 6.64. The zero-order valence-electron chi connectivity index (χ0n) is 9.31. The van der Waals surface area contributed by atoms with Crippen molar-refractivity contribution in [1.82, 2.24) is 0 Å². The van der Waals surface area contributed by atoms with Crippen LogP contribution in [0, 0.1) is 0 Å². The number of carbonyl (C=O) groups is 1. The van der Waals surface area contributed by atoms with Crippen molar-refractivity contribution in [3.05, 3.63) is 52.7 Å². The van der Waals surface area contributed by atoms with Crippen LogP contribution in [0.2, 0.25) is 0 Å². The predicted molar refractivity (Wildman–Crippen MR) is 71.6 cm³/mol. The Labute approximate surface area is 108 Å². The minimum Gasteiger partial charge on any atom is -0.457 e. The summed E-state index contributed by atoms with van der Waals surface area (Å²) in [6, 6.07) is 11.6. The van der Waals surface area contributed by atoms with Gasteiger partial charge in [0, 0.05) is 10.0 Å². The molecule has 0 aliphatic carbocycles. The van der Waals surface area contributed by atoms with Crippen molar-refractivity contribution in [3.8, 4) is 11.3 Å². The van der Waals surface area contributed by atoms with Crippen LogP contribution in [-0.2, 0) is 4.79 Å². The van der Waals surface area contributed by atoms with Crippen LogP contribution in [0.1, 0.15) is 12.7 Å². The summed E-state index contributed by atoms with van der Waals surface area (Å²) in [5.41, 5.74) is 1.01. The van der Waals surface area contributed by atoms with Gasteiger partial charge in [-0.25, -0.2) is 0 Å². The zero-order chi connectivity index (χ0) is 12.3. The lowest BCUT2D eigenvalue weighted by Gasteiger charge is -1.96. The number of halogens is 1. The fourth-order valence-electron chi connectivity index (χ4n) is 1.41. The highest BCUT2D eigenvalue weighted by molar-refractivity contribution is 9.10. The smallest absolute Gasteiger partial charge is 0.152 e. The predicted octanol–water partition coefficient (Wildman–Crippen LogP) is 4.31. The van der Waals surface area contributed by atoms with Crippen molar-refractivity contribution in [3.63, 3.8) is 0 Å². The van der Waals surface area contributed by atoms with Gasteiger partial charge in [-0.05, 0) is 43.3 Å². The van der Waals surface area contributed by atoms with E-state index in [4.69, 9.17) is 4.42 Å². The molecule has 0 saturated carbocycles. The van der Waals surface area contributed by atoms with E-state index in [1.165, 1.54) is 13.0 Å². The van der Waals surface area contributed by atoms with Gasteiger partial charge >= 0.3 is 0 Å². The molecule has 0 atom stereocenters. The first-order valence-electron chi connectivity index (χ1n) is 5.19. The maximum Gasteiger partial charge on any atom is 0.152 e. The molecule has 17 heavy (non-hydrogen) atoms. The molecule has 0 spiro atoms. The van der Waals surface area contributed by atoms with E-state index in [-0.39, 0.29) is 5.78 Å². The molecule has 0 aliphatic rings. The second-order valence-corrected chi connectivity index (χ2v) is 4.57. The standard InChI is InChI=1S/C14H11BrO2/c1-10(16)2-7-13-8-9-14(17-13)11-3-5-12(15)6-4-11/h2-9H,1H3. The zero-order valence-corrected chi connectivity index (χ0v) is 10.9. The summed E-state index contributed by atoms with van der Waals surface area (Å²) >= 11 is 3.38. The minimum absolute atomic E-state index is 0.00610. The average molecular weight is 291 g/mol. The van der Waals surface area contributed by atoms with Crippen LogP contribution in [0.3, 0.4) is 0 Å². The topological polar surface area (TPSA) is 30.2 Å². The van der Waals surface area contributed by atoms with Crippen LogP contribution in [-0.4, -0.2) is 5.78 Å². The van der Waals surface area contributed by atoms with Crippen LogP contribution in [0.25, 0.3) is 17.4 Å².